The molecule has 0 aromatic rings. The Morgan fingerprint density at radius 2 is 1.48 bits per heavy atom. The summed E-state index contributed by atoms with van der Waals surface area (Å²) in [7, 11) is 0. The molecule has 0 spiro atoms. The van der Waals surface area contributed by atoms with Crippen LogP contribution in [-0.4, -0.2) is 84.3 Å². The number of carbonyl (C=O) groups is 6. The maximum atomic E-state index is 14.5. The van der Waals surface area contributed by atoms with E-state index in [1.54, 1.807) is 5.32 Å². The highest BCUT2D eigenvalue weighted by Gasteiger charge is 2.58. The molecule has 0 aromatic carbocycles. The summed E-state index contributed by atoms with van der Waals surface area (Å²) in [4.78, 5) is 70.5. The van der Waals surface area contributed by atoms with E-state index < -0.39 is 79.4 Å². The lowest BCUT2D eigenvalue weighted by molar-refractivity contribution is -0.195. The molecule has 13 nitrogen and oxygen atoms in total. The van der Waals surface area contributed by atoms with Gasteiger partial charge in [-0.3, -0.25) is 34.2 Å². The zero-order valence-electron chi connectivity index (χ0n) is 17.0. The number of halogens is 1. The molecule has 0 radical (unpaired) electrons. The lowest BCUT2D eigenvalue weighted by Crippen LogP contribution is -2.67. The number of imide groups is 1. The van der Waals surface area contributed by atoms with E-state index in [0.717, 1.165) is 27.7 Å². The van der Waals surface area contributed by atoms with Gasteiger partial charge < -0.3 is 23.7 Å². The molecule has 2 unspecified atom stereocenters. The fourth-order valence-electron chi connectivity index (χ4n) is 3.09. The van der Waals surface area contributed by atoms with E-state index in [1.165, 1.54) is 0 Å². The largest absolute Gasteiger partial charge is 0.463 e. The minimum absolute atomic E-state index is 0.479. The van der Waals surface area contributed by atoms with E-state index in [1.807, 2.05) is 0 Å². The molecule has 2 fully saturated rings. The maximum absolute atomic E-state index is 14.5. The van der Waals surface area contributed by atoms with Crippen LogP contribution >= 0.6 is 0 Å². The fraction of sp³-hybridized carbons (Fsp3) is 0.647. The molecule has 0 aromatic heterocycles. The smallest absolute Gasteiger partial charge is 0.329 e. The van der Waals surface area contributed by atoms with Crippen LogP contribution in [0.25, 0.3) is 0 Å². The quantitative estimate of drug-likeness (QED) is 0.388. The third kappa shape index (κ3) is 5.65. The Balaban J connectivity index is 2.46. The van der Waals surface area contributed by atoms with Crippen LogP contribution < -0.4 is 5.32 Å². The first kappa shape index (κ1) is 24.0. The summed E-state index contributed by atoms with van der Waals surface area (Å²) in [5.41, 5.74) is 0. The van der Waals surface area contributed by atoms with Gasteiger partial charge in [0.25, 0.3) is 5.91 Å². The van der Waals surface area contributed by atoms with Gasteiger partial charge in [-0.25, -0.2) is 9.18 Å². The monoisotopic (exact) mass is 448 g/mol. The van der Waals surface area contributed by atoms with Crippen LogP contribution in [0.1, 0.15) is 27.7 Å². The standard InChI is InChI=1S/C17H21FN2O11/c1-6(21)27-5-10-12(28-7(2)22)13(29-8(3)23)16(31-10)20-15(30-9(4)24)11(18)14(25)19-17(20)26/h10-13,15-16H,5H2,1-4H3,(H,19,25,26)/t10-,11?,12-,13-,15?,16-/m1/s1. The molecule has 31 heavy (non-hydrogen) atoms. The summed E-state index contributed by atoms with van der Waals surface area (Å²) >= 11 is 0. The molecule has 172 valence electrons. The molecular formula is C17H21FN2O11. The second-order valence-corrected chi connectivity index (χ2v) is 6.62. The first-order chi connectivity index (χ1) is 14.4. The number of ether oxygens (including phenoxy) is 5. The summed E-state index contributed by atoms with van der Waals surface area (Å²) in [6.45, 7) is 3.61. The first-order valence-corrected chi connectivity index (χ1v) is 9.00. The molecule has 3 amide bonds. The average Bonchev–Trinajstić information content (AvgIpc) is 2.93. The van der Waals surface area contributed by atoms with Crippen molar-refractivity contribution < 1.29 is 56.8 Å². The first-order valence-electron chi connectivity index (χ1n) is 9.00. The molecule has 0 bridgehead atoms. The number of urea groups is 1. The van der Waals surface area contributed by atoms with Gasteiger partial charge in [0, 0.05) is 27.7 Å². The fourth-order valence-corrected chi connectivity index (χ4v) is 3.09. The highest BCUT2D eigenvalue weighted by Crippen LogP contribution is 2.33. The molecule has 2 aliphatic heterocycles. The van der Waals surface area contributed by atoms with E-state index in [0.29, 0.717) is 4.90 Å². The average molecular weight is 448 g/mol. The minimum atomic E-state index is -2.50. The van der Waals surface area contributed by atoms with Crippen LogP contribution in [0.5, 0.6) is 0 Å². The van der Waals surface area contributed by atoms with Gasteiger partial charge in [-0.2, -0.15) is 0 Å². The lowest BCUT2D eigenvalue weighted by atomic mass is 10.1. The summed E-state index contributed by atoms with van der Waals surface area (Å²) in [6.07, 6.45) is -10.4. The highest BCUT2D eigenvalue weighted by molar-refractivity contribution is 5.99. The Hall–Kier alpha value is -3.29. The summed E-state index contributed by atoms with van der Waals surface area (Å²) in [5, 5.41) is 1.72. The third-order valence-corrected chi connectivity index (χ3v) is 4.14. The van der Waals surface area contributed by atoms with Crippen molar-refractivity contribution in [1.82, 2.24) is 10.2 Å². The normalized spacial score (nSPS) is 30.3. The predicted octanol–water partition coefficient (Wildman–Crippen LogP) is -1.08. The van der Waals surface area contributed by atoms with Crippen molar-refractivity contribution >= 4 is 35.8 Å². The van der Waals surface area contributed by atoms with Gasteiger partial charge >= 0.3 is 29.9 Å². The maximum Gasteiger partial charge on any atom is 0.329 e. The van der Waals surface area contributed by atoms with Crippen molar-refractivity contribution in [2.45, 2.75) is 64.6 Å². The number of esters is 4. The van der Waals surface area contributed by atoms with Crippen LogP contribution in [0.4, 0.5) is 9.18 Å². The number of hydrogen-bond acceptors (Lipinski definition) is 11. The SMILES string of the molecule is CC(=O)OC[C@H]1O[C@@H](N2C(=O)NC(=O)C(F)C2OC(C)=O)[C@H](OC(C)=O)[C@@H]1OC(C)=O. The molecule has 2 saturated heterocycles. The van der Waals surface area contributed by atoms with E-state index in [-0.39, 0.29) is 0 Å². The number of amides is 3. The number of carbonyl (C=O) groups excluding carboxylic acids is 6. The molecule has 2 aliphatic rings. The van der Waals surface area contributed by atoms with E-state index in [9.17, 15) is 33.2 Å². The summed E-state index contributed by atoms with van der Waals surface area (Å²) in [6, 6.07) is -1.22. The van der Waals surface area contributed by atoms with Crippen LogP contribution in [0.2, 0.25) is 0 Å². The number of hydrogen-bond donors (Lipinski definition) is 1. The Kier molecular flexibility index (Phi) is 7.49. The van der Waals surface area contributed by atoms with Gasteiger partial charge in [-0.15, -0.1) is 0 Å². The highest BCUT2D eigenvalue weighted by atomic mass is 19.1. The van der Waals surface area contributed by atoms with Crippen LogP contribution in [0, 0.1) is 0 Å². The number of rotatable bonds is 6. The zero-order valence-corrected chi connectivity index (χ0v) is 17.0. The van der Waals surface area contributed by atoms with Crippen LogP contribution in [0.3, 0.4) is 0 Å². The summed E-state index contributed by atoms with van der Waals surface area (Å²) < 4.78 is 40.0. The second-order valence-electron chi connectivity index (χ2n) is 6.62. The number of nitrogens with zero attached hydrogens (tertiary/aromatic N) is 1. The van der Waals surface area contributed by atoms with Crippen molar-refractivity contribution in [2.75, 3.05) is 6.61 Å². The Morgan fingerprint density at radius 3 is 2.00 bits per heavy atom. The van der Waals surface area contributed by atoms with Gasteiger partial charge in [0.2, 0.25) is 12.4 Å². The third-order valence-electron chi connectivity index (χ3n) is 4.14. The summed E-state index contributed by atoms with van der Waals surface area (Å²) in [5.74, 6) is -4.78. The predicted molar refractivity (Wildman–Crippen MR) is 92.2 cm³/mol. The number of nitrogens with one attached hydrogen (secondary N) is 1. The van der Waals surface area contributed by atoms with Crippen molar-refractivity contribution in [1.29, 1.82) is 0 Å². The molecule has 0 aliphatic carbocycles. The number of alkyl halides is 1. The van der Waals surface area contributed by atoms with Gasteiger partial charge in [0.15, 0.2) is 18.4 Å². The minimum Gasteiger partial charge on any atom is -0.463 e. The molecule has 0 saturated carbocycles. The van der Waals surface area contributed by atoms with Crippen molar-refractivity contribution in [3.63, 3.8) is 0 Å². The van der Waals surface area contributed by atoms with E-state index >= 15 is 0 Å². The van der Waals surface area contributed by atoms with Crippen molar-refractivity contribution in [3.8, 4) is 0 Å². The molecular weight excluding hydrogens is 427 g/mol. The van der Waals surface area contributed by atoms with Gasteiger partial charge in [-0.1, -0.05) is 0 Å². The molecule has 6 atom stereocenters. The topological polar surface area (TPSA) is 164 Å². The van der Waals surface area contributed by atoms with E-state index in [2.05, 4.69) is 0 Å². The zero-order chi connectivity index (χ0) is 23.5. The Bertz CT molecular complexity index is 788. The van der Waals surface area contributed by atoms with Gasteiger partial charge in [0.1, 0.15) is 12.7 Å². The van der Waals surface area contributed by atoms with E-state index in [4.69, 9.17) is 23.7 Å². The Labute approximate surface area is 175 Å². The van der Waals surface area contributed by atoms with Gasteiger partial charge in [-0.05, 0) is 0 Å². The molecule has 2 rings (SSSR count). The Morgan fingerprint density at radius 1 is 0.935 bits per heavy atom. The van der Waals surface area contributed by atoms with Crippen molar-refractivity contribution in [2.24, 2.45) is 0 Å². The molecule has 14 heteroatoms. The van der Waals surface area contributed by atoms with Crippen molar-refractivity contribution in [3.05, 3.63) is 0 Å². The van der Waals surface area contributed by atoms with Gasteiger partial charge in [0.05, 0.1) is 0 Å². The molecule has 1 N–H and O–H groups in total. The van der Waals surface area contributed by atoms with Crippen LogP contribution in [0.15, 0.2) is 0 Å². The lowest BCUT2D eigenvalue weighted by Gasteiger charge is -2.40. The van der Waals surface area contributed by atoms with Crippen LogP contribution in [-0.2, 0) is 47.7 Å². The molecule has 2 heterocycles. The second kappa shape index (κ2) is 9.68.